The third kappa shape index (κ3) is 5.73. The molecular weight excluding hydrogens is 364 g/mol. The van der Waals surface area contributed by atoms with E-state index in [1.54, 1.807) is 42.5 Å². The highest BCUT2D eigenvalue weighted by atomic mass is 35.5. The first-order valence-electron chi connectivity index (χ1n) is 8.95. The van der Waals surface area contributed by atoms with Crippen LogP contribution in [-0.2, 0) is 4.79 Å². The number of para-hydroxylation sites is 1. The van der Waals surface area contributed by atoms with Crippen molar-refractivity contribution in [3.63, 3.8) is 0 Å². The van der Waals surface area contributed by atoms with Gasteiger partial charge in [0.1, 0.15) is 5.75 Å². The number of anilines is 1. The minimum atomic E-state index is -0.688. The molecular formula is C21H25ClN2O3. The molecule has 0 radical (unpaired) electrons. The van der Waals surface area contributed by atoms with E-state index in [0.29, 0.717) is 28.4 Å². The van der Waals surface area contributed by atoms with Crippen LogP contribution in [0.2, 0.25) is 5.02 Å². The molecule has 0 spiro atoms. The van der Waals surface area contributed by atoms with Crippen LogP contribution in [-0.4, -0.2) is 24.0 Å². The number of rotatable bonds is 7. The third-order valence-electron chi connectivity index (χ3n) is 3.92. The SMILES string of the molecule is CC[C@@H](Oc1ccc(Cl)c(C)c1)C(=O)Nc1ccccc1C(=O)NC(C)C. The van der Waals surface area contributed by atoms with Crippen LogP contribution in [0.1, 0.15) is 43.1 Å². The highest BCUT2D eigenvalue weighted by Gasteiger charge is 2.21. The van der Waals surface area contributed by atoms with E-state index in [-0.39, 0.29) is 17.9 Å². The van der Waals surface area contributed by atoms with Crippen molar-refractivity contribution >= 4 is 29.1 Å². The summed E-state index contributed by atoms with van der Waals surface area (Å²) in [5.41, 5.74) is 1.74. The molecule has 1 atom stereocenters. The smallest absolute Gasteiger partial charge is 0.265 e. The second-order valence-electron chi connectivity index (χ2n) is 6.59. The zero-order valence-electron chi connectivity index (χ0n) is 16.0. The molecule has 0 fully saturated rings. The van der Waals surface area contributed by atoms with Gasteiger partial charge in [0.05, 0.1) is 11.3 Å². The Labute approximate surface area is 165 Å². The Balaban J connectivity index is 2.15. The molecule has 2 amide bonds. The van der Waals surface area contributed by atoms with Gasteiger partial charge in [0.2, 0.25) is 0 Å². The average Bonchev–Trinajstić information content (AvgIpc) is 2.62. The highest BCUT2D eigenvalue weighted by molar-refractivity contribution is 6.31. The summed E-state index contributed by atoms with van der Waals surface area (Å²) in [6.07, 6.45) is -0.208. The lowest BCUT2D eigenvalue weighted by molar-refractivity contribution is -0.122. The molecule has 2 N–H and O–H groups in total. The molecule has 0 aliphatic heterocycles. The van der Waals surface area contributed by atoms with E-state index >= 15 is 0 Å². The first-order valence-corrected chi connectivity index (χ1v) is 9.33. The van der Waals surface area contributed by atoms with Crippen molar-refractivity contribution in [1.29, 1.82) is 0 Å². The van der Waals surface area contributed by atoms with Gasteiger partial charge in [-0.05, 0) is 63.1 Å². The van der Waals surface area contributed by atoms with Gasteiger partial charge in [0.25, 0.3) is 11.8 Å². The van der Waals surface area contributed by atoms with Crippen molar-refractivity contribution in [2.45, 2.75) is 46.3 Å². The average molecular weight is 389 g/mol. The second-order valence-corrected chi connectivity index (χ2v) is 7.00. The molecule has 2 aromatic carbocycles. The monoisotopic (exact) mass is 388 g/mol. The lowest BCUT2D eigenvalue weighted by Crippen LogP contribution is -2.34. The molecule has 2 aromatic rings. The van der Waals surface area contributed by atoms with E-state index in [2.05, 4.69) is 10.6 Å². The zero-order valence-corrected chi connectivity index (χ0v) is 16.8. The van der Waals surface area contributed by atoms with Gasteiger partial charge < -0.3 is 15.4 Å². The van der Waals surface area contributed by atoms with Gasteiger partial charge in [-0.25, -0.2) is 0 Å². The van der Waals surface area contributed by atoms with Crippen molar-refractivity contribution in [3.05, 3.63) is 58.6 Å². The van der Waals surface area contributed by atoms with Crippen LogP contribution < -0.4 is 15.4 Å². The number of halogens is 1. The van der Waals surface area contributed by atoms with Crippen molar-refractivity contribution in [2.24, 2.45) is 0 Å². The van der Waals surface area contributed by atoms with Gasteiger partial charge >= 0.3 is 0 Å². The molecule has 0 aliphatic carbocycles. The standard InChI is InChI=1S/C21H25ClN2O3/c1-5-19(27-15-10-11-17(22)14(4)12-15)21(26)24-18-9-7-6-8-16(18)20(25)23-13(2)3/h6-13,19H,5H2,1-4H3,(H,23,25)(H,24,26)/t19-/m1/s1. The summed E-state index contributed by atoms with van der Waals surface area (Å²) in [6.45, 7) is 7.51. The number of amides is 2. The second kappa shape index (κ2) is 9.42. The molecule has 0 saturated heterocycles. The fourth-order valence-corrected chi connectivity index (χ4v) is 2.64. The summed E-state index contributed by atoms with van der Waals surface area (Å²) in [4.78, 5) is 25.1. The maximum Gasteiger partial charge on any atom is 0.265 e. The predicted molar refractivity (Wildman–Crippen MR) is 109 cm³/mol. The largest absolute Gasteiger partial charge is 0.481 e. The normalized spacial score (nSPS) is 11.8. The lowest BCUT2D eigenvalue weighted by Gasteiger charge is -2.19. The quantitative estimate of drug-likeness (QED) is 0.729. The van der Waals surface area contributed by atoms with E-state index in [9.17, 15) is 9.59 Å². The van der Waals surface area contributed by atoms with Crippen LogP contribution in [0.5, 0.6) is 5.75 Å². The van der Waals surface area contributed by atoms with Crippen molar-refractivity contribution in [1.82, 2.24) is 5.32 Å². The summed E-state index contributed by atoms with van der Waals surface area (Å²) in [7, 11) is 0. The number of aryl methyl sites for hydroxylation is 1. The highest BCUT2D eigenvalue weighted by Crippen LogP contribution is 2.23. The van der Waals surface area contributed by atoms with Gasteiger partial charge in [-0.3, -0.25) is 9.59 Å². The molecule has 0 bridgehead atoms. The third-order valence-corrected chi connectivity index (χ3v) is 4.34. The van der Waals surface area contributed by atoms with Crippen LogP contribution in [0.4, 0.5) is 5.69 Å². The molecule has 0 unspecified atom stereocenters. The van der Waals surface area contributed by atoms with Gasteiger partial charge in [0.15, 0.2) is 6.10 Å². The first kappa shape index (κ1) is 20.8. The predicted octanol–water partition coefficient (Wildman–Crippen LogP) is 4.58. The van der Waals surface area contributed by atoms with Crippen molar-refractivity contribution < 1.29 is 14.3 Å². The molecule has 2 rings (SSSR count). The van der Waals surface area contributed by atoms with Crippen molar-refractivity contribution in [3.8, 4) is 5.75 Å². The van der Waals surface area contributed by atoms with Crippen LogP contribution in [0.25, 0.3) is 0 Å². The fraction of sp³-hybridized carbons (Fsp3) is 0.333. The van der Waals surface area contributed by atoms with E-state index < -0.39 is 6.10 Å². The van der Waals surface area contributed by atoms with E-state index in [4.69, 9.17) is 16.3 Å². The van der Waals surface area contributed by atoms with Crippen LogP contribution >= 0.6 is 11.6 Å². The molecule has 0 saturated carbocycles. The Morgan fingerprint density at radius 2 is 1.85 bits per heavy atom. The minimum absolute atomic E-state index is 0.00104. The molecule has 5 nitrogen and oxygen atoms in total. The number of carbonyl (C=O) groups excluding carboxylic acids is 2. The molecule has 144 valence electrons. The van der Waals surface area contributed by atoms with Gasteiger partial charge in [-0.2, -0.15) is 0 Å². The fourth-order valence-electron chi connectivity index (χ4n) is 2.52. The Kier molecular flexibility index (Phi) is 7.25. The van der Waals surface area contributed by atoms with Crippen LogP contribution in [0.3, 0.4) is 0 Å². The molecule has 6 heteroatoms. The number of ether oxygens (including phenoxy) is 1. The molecule has 0 heterocycles. The molecule has 0 aromatic heterocycles. The Morgan fingerprint density at radius 3 is 2.48 bits per heavy atom. The first-order chi connectivity index (χ1) is 12.8. The van der Waals surface area contributed by atoms with Gasteiger partial charge in [0, 0.05) is 11.1 Å². The summed E-state index contributed by atoms with van der Waals surface area (Å²) in [5, 5.41) is 6.29. The molecule has 0 aliphatic rings. The van der Waals surface area contributed by atoms with Crippen LogP contribution in [0, 0.1) is 6.92 Å². The summed E-state index contributed by atoms with van der Waals surface area (Å²) >= 11 is 6.03. The number of nitrogens with one attached hydrogen (secondary N) is 2. The van der Waals surface area contributed by atoms with E-state index in [1.807, 2.05) is 27.7 Å². The van der Waals surface area contributed by atoms with E-state index in [1.165, 1.54) is 0 Å². The number of hydrogen-bond donors (Lipinski definition) is 2. The lowest BCUT2D eigenvalue weighted by atomic mass is 10.1. The van der Waals surface area contributed by atoms with Crippen molar-refractivity contribution in [2.75, 3.05) is 5.32 Å². The topological polar surface area (TPSA) is 67.4 Å². The van der Waals surface area contributed by atoms with Gasteiger partial charge in [-0.1, -0.05) is 30.7 Å². The van der Waals surface area contributed by atoms with E-state index in [0.717, 1.165) is 5.56 Å². The Morgan fingerprint density at radius 1 is 1.15 bits per heavy atom. The van der Waals surface area contributed by atoms with Gasteiger partial charge in [-0.15, -0.1) is 0 Å². The summed E-state index contributed by atoms with van der Waals surface area (Å²) in [5.74, 6) is 0.0304. The molecule has 27 heavy (non-hydrogen) atoms. The van der Waals surface area contributed by atoms with Crippen LogP contribution in [0.15, 0.2) is 42.5 Å². The Hall–Kier alpha value is -2.53. The number of hydrogen-bond acceptors (Lipinski definition) is 3. The Bertz CT molecular complexity index is 821. The zero-order chi connectivity index (χ0) is 20.0. The maximum absolute atomic E-state index is 12.7. The minimum Gasteiger partial charge on any atom is -0.481 e. The number of benzene rings is 2. The maximum atomic E-state index is 12.7. The number of carbonyl (C=O) groups is 2. The summed E-state index contributed by atoms with van der Waals surface area (Å²) < 4.78 is 5.83. The summed E-state index contributed by atoms with van der Waals surface area (Å²) in [6, 6.07) is 12.2.